The number of thiophene rings is 1. The molecule has 3 saturated carbocycles. The van der Waals surface area contributed by atoms with Crippen molar-refractivity contribution in [3.8, 4) is 0 Å². The standard InChI is InChI=1S/C23H30N4O6S3/c1-35(30,31)24-10-15-11-34-22-20(15)36(32,33)26-21(25-22)17-19(28)16-13-5-6-14(9-13)18(16)27(23(17)29)8-7-12-3-2-4-12/h11-14,16,18,24,28H,2-10H2,1H3,(H,25,26)/t13-,14+,16?,18?/m0/s1. The van der Waals surface area contributed by atoms with Gasteiger partial charge in [-0.05, 0) is 48.8 Å². The average molecular weight is 555 g/mol. The van der Waals surface area contributed by atoms with E-state index in [9.17, 15) is 26.7 Å². The van der Waals surface area contributed by atoms with Crippen LogP contribution >= 0.6 is 11.3 Å². The van der Waals surface area contributed by atoms with Crippen LogP contribution in [0.15, 0.2) is 26.0 Å². The zero-order valence-corrected chi connectivity index (χ0v) is 22.4. The lowest BCUT2D eigenvalue weighted by Gasteiger charge is -2.44. The van der Waals surface area contributed by atoms with E-state index in [0.29, 0.717) is 18.4 Å². The van der Waals surface area contributed by atoms with Gasteiger partial charge in [0.05, 0.1) is 6.26 Å². The van der Waals surface area contributed by atoms with E-state index in [-0.39, 0.29) is 63.0 Å². The Morgan fingerprint density at radius 3 is 2.69 bits per heavy atom. The number of hydrogen-bond donors (Lipinski definition) is 3. The second-order valence-electron chi connectivity index (χ2n) is 10.7. The molecule has 3 N–H and O–H groups in total. The van der Waals surface area contributed by atoms with Crippen LogP contribution < -0.4 is 10.0 Å². The summed E-state index contributed by atoms with van der Waals surface area (Å²) in [5, 5.41) is 16.2. The smallest absolute Gasteiger partial charge is 0.287 e. The van der Waals surface area contributed by atoms with Gasteiger partial charge in [0.15, 0.2) is 5.84 Å². The number of sulfonamides is 2. The monoisotopic (exact) mass is 554 g/mol. The lowest BCUT2D eigenvalue weighted by Crippen LogP contribution is -2.54. The van der Waals surface area contributed by atoms with Crippen LogP contribution in [0.5, 0.6) is 0 Å². The van der Waals surface area contributed by atoms with Crippen LogP contribution in [0.3, 0.4) is 0 Å². The number of nitrogens with zero attached hydrogens (tertiary/aromatic N) is 2. The number of carbonyl (C=O) groups is 1. The van der Waals surface area contributed by atoms with Gasteiger partial charge in [0, 0.05) is 30.6 Å². The minimum atomic E-state index is -4.23. The molecule has 4 atom stereocenters. The van der Waals surface area contributed by atoms with Gasteiger partial charge < -0.3 is 15.3 Å². The van der Waals surface area contributed by atoms with Gasteiger partial charge in [0.2, 0.25) is 10.0 Å². The van der Waals surface area contributed by atoms with Gasteiger partial charge in [-0.1, -0.05) is 19.3 Å². The second kappa shape index (κ2) is 8.53. The Hall–Kier alpha value is -1.96. The van der Waals surface area contributed by atoms with Gasteiger partial charge in [-0.3, -0.25) is 4.79 Å². The summed E-state index contributed by atoms with van der Waals surface area (Å²) in [6.45, 7) is 0.418. The molecule has 0 aromatic carbocycles. The van der Waals surface area contributed by atoms with E-state index >= 15 is 0 Å². The second-order valence-corrected chi connectivity index (χ2v) is 15.0. The number of hydrogen-bond acceptors (Lipinski definition) is 8. The summed E-state index contributed by atoms with van der Waals surface area (Å²) < 4.78 is 55.7. The van der Waals surface area contributed by atoms with Gasteiger partial charge in [-0.2, -0.15) is 8.42 Å². The van der Waals surface area contributed by atoms with Crippen molar-refractivity contribution in [3.05, 3.63) is 22.3 Å². The Morgan fingerprint density at radius 1 is 1.25 bits per heavy atom. The first kappa shape index (κ1) is 24.4. The van der Waals surface area contributed by atoms with E-state index in [4.69, 9.17) is 0 Å². The molecule has 6 rings (SSSR count). The largest absolute Gasteiger partial charge is 0.511 e. The van der Waals surface area contributed by atoms with Crippen molar-refractivity contribution in [3.63, 3.8) is 0 Å². The summed E-state index contributed by atoms with van der Waals surface area (Å²) in [5.41, 5.74) is 0.232. The minimum absolute atomic E-state index is 0.0353. The molecule has 36 heavy (non-hydrogen) atoms. The van der Waals surface area contributed by atoms with Crippen LogP contribution in [0.4, 0.5) is 5.00 Å². The number of nitrogens with one attached hydrogen (secondary N) is 2. The Balaban J connectivity index is 1.35. The highest BCUT2D eigenvalue weighted by atomic mass is 32.2. The quantitative estimate of drug-likeness (QED) is 0.470. The predicted molar refractivity (Wildman–Crippen MR) is 136 cm³/mol. The van der Waals surface area contributed by atoms with E-state index in [1.165, 1.54) is 19.3 Å². The highest BCUT2D eigenvalue weighted by Crippen LogP contribution is 2.55. The number of aliphatic hydroxyl groups excluding tert-OH is 1. The van der Waals surface area contributed by atoms with Gasteiger partial charge in [0.1, 0.15) is 21.2 Å². The molecule has 3 aliphatic carbocycles. The van der Waals surface area contributed by atoms with Crippen LogP contribution in [0, 0.1) is 23.7 Å². The molecule has 0 saturated heterocycles. The van der Waals surface area contributed by atoms with Crippen molar-refractivity contribution < 1.29 is 26.7 Å². The molecule has 3 fully saturated rings. The van der Waals surface area contributed by atoms with Gasteiger partial charge >= 0.3 is 0 Å². The van der Waals surface area contributed by atoms with Gasteiger partial charge in [0.25, 0.3) is 15.9 Å². The van der Waals surface area contributed by atoms with E-state index in [0.717, 1.165) is 43.3 Å². The fraction of sp³-hybridized carbons (Fsp3) is 0.652. The van der Waals surface area contributed by atoms with Crippen molar-refractivity contribution in [1.29, 1.82) is 0 Å². The maximum absolute atomic E-state index is 13.8. The van der Waals surface area contributed by atoms with Crippen LogP contribution in [0.2, 0.25) is 0 Å². The van der Waals surface area contributed by atoms with Crippen molar-refractivity contribution in [2.45, 2.75) is 62.4 Å². The molecule has 1 amide bonds. The Bertz CT molecular complexity index is 1390. The summed E-state index contributed by atoms with van der Waals surface area (Å²) in [5.74, 6) is 0.525. The van der Waals surface area contributed by atoms with Crippen molar-refractivity contribution in [2.75, 3.05) is 18.1 Å². The number of aliphatic hydroxyl groups is 1. The van der Waals surface area contributed by atoms with Crippen LogP contribution in [0.1, 0.15) is 50.5 Å². The third-order valence-corrected chi connectivity index (χ3v) is 11.7. The molecule has 2 unspecified atom stereocenters. The first-order chi connectivity index (χ1) is 17.0. The van der Waals surface area contributed by atoms with E-state index < -0.39 is 20.0 Å². The first-order valence-electron chi connectivity index (χ1n) is 12.4. The number of carbonyl (C=O) groups excluding carboxylic acids is 1. The number of fused-ring (bicyclic) bond motifs is 6. The average Bonchev–Trinajstić information content (AvgIpc) is 3.47. The third-order valence-electron chi connectivity index (χ3n) is 8.56. The molecule has 2 aliphatic heterocycles. The molecule has 196 valence electrons. The molecule has 10 nitrogen and oxygen atoms in total. The fourth-order valence-electron chi connectivity index (χ4n) is 6.71. The molecular weight excluding hydrogens is 524 g/mol. The van der Waals surface area contributed by atoms with Crippen LogP contribution in [-0.2, 0) is 31.4 Å². The zero-order valence-electron chi connectivity index (χ0n) is 19.9. The molecule has 2 bridgehead atoms. The Labute approximate surface area is 215 Å². The normalized spacial score (nSPS) is 31.1. The van der Waals surface area contributed by atoms with E-state index in [1.54, 1.807) is 5.38 Å². The lowest BCUT2D eigenvalue weighted by molar-refractivity contribution is -0.133. The number of amides is 1. The van der Waals surface area contributed by atoms with Crippen molar-refractivity contribution >= 4 is 48.1 Å². The number of amidine groups is 1. The molecule has 13 heteroatoms. The maximum Gasteiger partial charge on any atom is 0.287 e. The minimum Gasteiger partial charge on any atom is -0.511 e. The molecular formula is C23H30N4O6S3. The van der Waals surface area contributed by atoms with Crippen LogP contribution in [-0.4, -0.2) is 57.4 Å². The van der Waals surface area contributed by atoms with Crippen molar-refractivity contribution in [1.82, 2.24) is 9.62 Å². The molecule has 0 radical (unpaired) electrons. The highest BCUT2D eigenvalue weighted by molar-refractivity contribution is 7.91. The SMILES string of the molecule is CS(=O)(=O)NCc1csc2c1S(=O)(=O)N=C(C1=C(O)C3C([C@@H]4CC[C@H]3C4)N(CCC3CCC3)C1=O)N2. The third kappa shape index (κ3) is 3.98. The summed E-state index contributed by atoms with van der Waals surface area (Å²) in [6, 6.07) is -0.0353. The summed E-state index contributed by atoms with van der Waals surface area (Å²) >= 11 is 1.10. The Morgan fingerprint density at radius 2 is 2.00 bits per heavy atom. The van der Waals surface area contributed by atoms with Gasteiger partial charge in [-0.15, -0.1) is 15.7 Å². The number of anilines is 1. The summed E-state index contributed by atoms with van der Waals surface area (Å²) in [4.78, 5) is 15.6. The Kier molecular flexibility index (Phi) is 5.78. The molecule has 1 aromatic rings. The highest BCUT2D eigenvalue weighted by Gasteiger charge is 2.57. The van der Waals surface area contributed by atoms with E-state index in [2.05, 4.69) is 14.4 Å². The summed E-state index contributed by atoms with van der Waals surface area (Å²) in [7, 11) is -7.75. The fourth-order valence-corrected chi connectivity index (χ4v) is 9.74. The summed E-state index contributed by atoms with van der Waals surface area (Å²) in [6.07, 6.45) is 8.54. The predicted octanol–water partition coefficient (Wildman–Crippen LogP) is 2.57. The maximum atomic E-state index is 13.8. The van der Waals surface area contributed by atoms with Gasteiger partial charge in [-0.25, -0.2) is 13.1 Å². The topological polar surface area (TPSA) is 145 Å². The first-order valence-corrected chi connectivity index (χ1v) is 16.7. The lowest BCUT2D eigenvalue weighted by atomic mass is 9.77. The molecule has 3 heterocycles. The van der Waals surface area contributed by atoms with Crippen LogP contribution in [0.25, 0.3) is 0 Å². The van der Waals surface area contributed by atoms with Crippen molar-refractivity contribution in [2.24, 2.45) is 28.1 Å². The molecule has 1 aromatic heterocycles. The molecule has 0 spiro atoms. The molecule has 5 aliphatic rings. The zero-order chi connectivity index (χ0) is 25.4. The van der Waals surface area contributed by atoms with E-state index in [1.807, 2.05) is 4.90 Å². The number of rotatable bonds is 7.